The molecule has 112 valence electrons. The van der Waals surface area contributed by atoms with Gasteiger partial charge in [-0.3, -0.25) is 4.90 Å². The second-order valence-corrected chi connectivity index (χ2v) is 4.97. The smallest absolute Gasteiger partial charge is 0.211 e. The van der Waals surface area contributed by atoms with Crippen LogP contribution in [0.2, 0.25) is 0 Å². The normalized spacial score (nSPS) is 21.4. The molecule has 0 spiro atoms. The van der Waals surface area contributed by atoms with Gasteiger partial charge in [0.15, 0.2) is 0 Å². The van der Waals surface area contributed by atoms with Crippen LogP contribution in [0.3, 0.4) is 0 Å². The number of rotatable bonds is 4. The topological polar surface area (TPSA) is 84.7 Å². The van der Waals surface area contributed by atoms with Crippen LogP contribution in [0.15, 0.2) is 29.3 Å². The zero-order valence-electron chi connectivity index (χ0n) is 12.4. The van der Waals surface area contributed by atoms with Crippen molar-refractivity contribution in [3.63, 3.8) is 0 Å². The quantitative estimate of drug-likeness (QED) is 0.753. The first-order chi connectivity index (χ1) is 10.1. The fraction of sp³-hybridized carbons (Fsp3) is 0.429. The van der Waals surface area contributed by atoms with Gasteiger partial charge in [0.2, 0.25) is 12.3 Å². The number of nitrogens with zero attached hydrogens (tertiary/aromatic N) is 3. The van der Waals surface area contributed by atoms with Crippen molar-refractivity contribution in [2.75, 3.05) is 26.0 Å². The van der Waals surface area contributed by atoms with E-state index in [-0.39, 0.29) is 12.9 Å². The SMILES string of the molecule is Cc1cccc(NC2=NC(OCC#N)NC(N(C)C)N2)c1. The van der Waals surface area contributed by atoms with Gasteiger partial charge < -0.3 is 15.4 Å². The highest BCUT2D eigenvalue weighted by atomic mass is 16.5. The first-order valence-electron chi connectivity index (χ1n) is 6.67. The Labute approximate surface area is 124 Å². The minimum Gasteiger partial charge on any atom is -0.328 e. The van der Waals surface area contributed by atoms with Gasteiger partial charge in [-0.2, -0.15) is 5.26 Å². The molecule has 2 unspecified atom stereocenters. The molecule has 0 aromatic heterocycles. The Hall–Kier alpha value is -2.14. The van der Waals surface area contributed by atoms with Gasteiger partial charge in [0.1, 0.15) is 12.9 Å². The summed E-state index contributed by atoms with van der Waals surface area (Å²) in [5.74, 6) is 0.598. The highest BCUT2D eigenvalue weighted by molar-refractivity contribution is 5.94. The molecule has 21 heavy (non-hydrogen) atoms. The standard InChI is InChI=1S/C14H20N6O/c1-10-5-4-6-11(9-10)16-12-17-13(20(2)3)19-14(18-12)21-8-7-15/h4-6,9,13-14,19H,8H2,1-3H3,(H2,16,17,18). The Balaban J connectivity index is 2.11. The molecule has 0 amide bonds. The Morgan fingerprint density at radius 2 is 2.29 bits per heavy atom. The van der Waals surface area contributed by atoms with E-state index in [9.17, 15) is 0 Å². The summed E-state index contributed by atoms with van der Waals surface area (Å²) in [6.07, 6.45) is -0.705. The van der Waals surface area contributed by atoms with Crippen molar-refractivity contribution < 1.29 is 4.74 Å². The third-order valence-electron chi connectivity index (χ3n) is 2.92. The number of nitriles is 1. The van der Waals surface area contributed by atoms with E-state index in [4.69, 9.17) is 10.00 Å². The first-order valence-corrected chi connectivity index (χ1v) is 6.67. The molecule has 2 atom stereocenters. The summed E-state index contributed by atoms with van der Waals surface area (Å²) in [6.45, 7) is 2.02. The predicted molar refractivity (Wildman–Crippen MR) is 81.3 cm³/mol. The molecule has 1 aliphatic heterocycles. The minimum atomic E-state index is -0.564. The van der Waals surface area contributed by atoms with Gasteiger partial charge in [0.05, 0.1) is 6.07 Å². The second kappa shape index (κ2) is 7.04. The fourth-order valence-corrected chi connectivity index (χ4v) is 1.91. The summed E-state index contributed by atoms with van der Waals surface area (Å²) in [7, 11) is 3.86. The minimum absolute atomic E-state index is 0.0148. The van der Waals surface area contributed by atoms with E-state index in [1.54, 1.807) is 0 Å². The van der Waals surface area contributed by atoms with Gasteiger partial charge in [-0.05, 0) is 38.7 Å². The first kappa shape index (κ1) is 15.3. The zero-order valence-corrected chi connectivity index (χ0v) is 12.4. The number of anilines is 1. The van der Waals surface area contributed by atoms with Gasteiger partial charge in [-0.25, -0.2) is 10.3 Å². The van der Waals surface area contributed by atoms with E-state index in [0.29, 0.717) is 5.96 Å². The largest absolute Gasteiger partial charge is 0.328 e. The number of ether oxygens (including phenoxy) is 1. The Kier molecular flexibility index (Phi) is 5.11. The summed E-state index contributed by atoms with van der Waals surface area (Å²) in [4.78, 5) is 6.31. The Morgan fingerprint density at radius 3 is 2.95 bits per heavy atom. The van der Waals surface area contributed by atoms with Crippen molar-refractivity contribution in [2.45, 2.75) is 19.6 Å². The van der Waals surface area contributed by atoms with E-state index in [0.717, 1.165) is 11.3 Å². The molecule has 7 nitrogen and oxygen atoms in total. The monoisotopic (exact) mass is 288 g/mol. The lowest BCUT2D eigenvalue weighted by atomic mass is 10.2. The second-order valence-electron chi connectivity index (χ2n) is 4.97. The van der Waals surface area contributed by atoms with Crippen LogP contribution < -0.4 is 16.0 Å². The van der Waals surface area contributed by atoms with Crippen molar-refractivity contribution in [3.8, 4) is 6.07 Å². The molecule has 7 heteroatoms. The van der Waals surface area contributed by atoms with Crippen molar-refractivity contribution in [3.05, 3.63) is 29.8 Å². The average Bonchev–Trinajstić information content (AvgIpc) is 2.45. The summed E-state index contributed by atoms with van der Waals surface area (Å²) in [5.41, 5.74) is 2.11. The lowest BCUT2D eigenvalue weighted by Gasteiger charge is -2.34. The summed E-state index contributed by atoms with van der Waals surface area (Å²) >= 11 is 0. The number of guanidine groups is 1. The number of hydrogen-bond acceptors (Lipinski definition) is 7. The van der Waals surface area contributed by atoms with Crippen molar-refractivity contribution >= 4 is 11.6 Å². The average molecular weight is 288 g/mol. The molecular formula is C14H20N6O. The number of benzene rings is 1. The molecule has 2 rings (SSSR count). The van der Waals surface area contributed by atoms with Crippen LogP contribution in [-0.4, -0.2) is 44.2 Å². The van der Waals surface area contributed by atoms with Crippen molar-refractivity contribution in [2.24, 2.45) is 4.99 Å². The molecule has 0 bridgehead atoms. The number of nitrogens with one attached hydrogen (secondary N) is 3. The lowest BCUT2D eigenvalue weighted by Crippen LogP contribution is -2.62. The molecule has 0 fully saturated rings. The molecule has 1 heterocycles. The lowest BCUT2D eigenvalue weighted by molar-refractivity contribution is 0.0179. The van der Waals surface area contributed by atoms with E-state index >= 15 is 0 Å². The van der Waals surface area contributed by atoms with Crippen molar-refractivity contribution in [1.82, 2.24) is 15.5 Å². The number of hydrogen-bond donors (Lipinski definition) is 3. The molecule has 0 saturated heterocycles. The van der Waals surface area contributed by atoms with Gasteiger partial charge >= 0.3 is 0 Å². The molecule has 0 saturated carbocycles. The van der Waals surface area contributed by atoms with Gasteiger partial charge in [-0.15, -0.1) is 0 Å². The van der Waals surface area contributed by atoms with Crippen LogP contribution >= 0.6 is 0 Å². The molecule has 1 aromatic rings. The van der Waals surface area contributed by atoms with Crippen LogP contribution in [0.1, 0.15) is 5.56 Å². The van der Waals surface area contributed by atoms with E-state index < -0.39 is 6.35 Å². The van der Waals surface area contributed by atoms with Gasteiger partial charge in [0.25, 0.3) is 0 Å². The molecule has 0 aliphatic carbocycles. The van der Waals surface area contributed by atoms with Crippen LogP contribution in [0, 0.1) is 18.3 Å². The van der Waals surface area contributed by atoms with Crippen molar-refractivity contribution in [1.29, 1.82) is 5.26 Å². The Morgan fingerprint density at radius 1 is 1.48 bits per heavy atom. The molecule has 0 radical (unpaired) electrons. The van der Waals surface area contributed by atoms with E-state index in [1.807, 2.05) is 56.3 Å². The summed E-state index contributed by atoms with van der Waals surface area (Å²) in [5, 5.41) is 18.2. The van der Waals surface area contributed by atoms with Crippen LogP contribution in [-0.2, 0) is 4.74 Å². The molecular weight excluding hydrogens is 268 g/mol. The molecule has 1 aliphatic rings. The number of aliphatic imine (C=N–C) groups is 1. The summed E-state index contributed by atoms with van der Waals surface area (Å²) in [6, 6.07) is 9.95. The number of aryl methyl sites for hydroxylation is 1. The van der Waals surface area contributed by atoms with Crippen LogP contribution in [0.4, 0.5) is 5.69 Å². The summed E-state index contributed by atoms with van der Waals surface area (Å²) < 4.78 is 5.34. The maximum absolute atomic E-state index is 8.61. The fourth-order valence-electron chi connectivity index (χ4n) is 1.91. The van der Waals surface area contributed by atoms with Gasteiger partial charge in [0, 0.05) is 5.69 Å². The predicted octanol–water partition coefficient (Wildman–Crippen LogP) is 0.625. The third kappa shape index (κ3) is 4.43. The highest BCUT2D eigenvalue weighted by Crippen LogP contribution is 2.10. The maximum atomic E-state index is 8.61. The third-order valence-corrected chi connectivity index (χ3v) is 2.92. The van der Waals surface area contributed by atoms with Crippen LogP contribution in [0.5, 0.6) is 0 Å². The van der Waals surface area contributed by atoms with E-state index in [2.05, 4.69) is 20.9 Å². The molecule has 3 N–H and O–H groups in total. The van der Waals surface area contributed by atoms with Gasteiger partial charge in [-0.1, -0.05) is 12.1 Å². The van der Waals surface area contributed by atoms with E-state index in [1.165, 1.54) is 0 Å². The maximum Gasteiger partial charge on any atom is 0.211 e. The van der Waals surface area contributed by atoms with Crippen LogP contribution in [0.25, 0.3) is 0 Å². The highest BCUT2D eigenvalue weighted by Gasteiger charge is 2.23. The molecule has 1 aromatic carbocycles. The zero-order chi connectivity index (χ0) is 15.2. The Bertz CT molecular complexity index is 551.